The van der Waals surface area contributed by atoms with Crippen molar-refractivity contribution in [3.05, 3.63) is 77.5 Å². The number of anilines is 4. The average molecular weight is 719 g/mol. The first-order valence-corrected chi connectivity index (χ1v) is 17.6. The van der Waals surface area contributed by atoms with E-state index in [4.69, 9.17) is 14.2 Å². The zero-order chi connectivity index (χ0) is 38.2. The minimum atomic E-state index is -0.802. The minimum absolute atomic E-state index is 0.0301. The van der Waals surface area contributed by atoms with E-state index in [-0.39, 0.29) is 37.3 Å². The van der Waals surface area contributed by atoms with Gasteiger partial charge in [0.1, 0.15) is 12.4 Å². The first-order chi connectivity index (χ1) is 24.8. The number of nitrogens with zero attached hydrogens (tertiary/aromatic N) is 3. The van der Waals surface area contributed by atoms with Crippen LogP contribution in [0.2, 0.25) is 0 Å². The lowest BCUT2D eigenvalue weighted by Crippen LogP contribution is -2.32. The van der Waals surface area contributed by atoms with Gasteiger partial charge in [-0.05, 0) is 74.0 Å². The summed E-state index contributed by atoms with van der Waals surface area (Å²) in [5, 5.41) is 8.70. The summed E-state index contributed by atoms with van der Waals surface area (Å²) in [6, 6.07) is 16.5. The molecule has 0 bridgehead atoms. The van der Waals surface area contributed by atoms with Crippen molar-refractivity contribution in [2.75, 3.05) is 61.0 Å². The number of urea groups is 1. The number of carbonyl (C=O) groups is 4. The smallest absolute Gasteiger partial charge is 0.418 e. The normalized spacial score (nSPS) is 11.5. The summed E-state index contributed by atoms with van der Waals surface area (Å²) in [4.78, 5) is 58.5. The van der Waals surface area contributed by atoms with E-state index in [9.17, 15) is 19.2 Å². The molecule has 52 heavy (non-hydrogen) atoms. The number of ether oxygens (including phenoxy) is 3. The second-order valence-electron chi connectivity index (χ2n) is 13.5. The number of esters is 2. The van der Waals surface area contributed by atoms with Crippen molar-refractivity contribution in [2.24, 2.45) is 11.8 Å². The molecule has 282 valence electrons. The highest BCUT2D eigenvalue weighted by Gasteiger charge is 2.22. The molecule has 0 spiro atoms. The fourth-order valence-corrected chi connectivity index (χ4v) is 5.54. The lowest BCUT2D eigenvalue weighted by Gasteiger charge is -2.31. The molecule has 2 aromatic carbocycles. The summed E-state index contributed by atoms with van der Waals surface area (Å²) in [7, 11) is 3.09. The number of aryl methyl sites for hydroxylation is 1. The molecular weight excluding hydrogens is 664 g/mol. The number of benzene rings is 2. The molecule has 13 nitrogen and oxygen atoms in total. The molecule has 3 amide bonds. The van der Waals surface area contributed by atoms with Crippen LogP contribution < -0.4 is 25.8 Å². The van der Waals surface area contributed by atoms with Gasteiger partial charge in [-0.15, -0.1) is 0 Å². The fourth-order valence-electron chi connectivity index (χ4n) is 5.54. The molecule has 0 aliphatic carbocycles. The van der Waals surface area contributed by atoms with Gasteiger partial charge in [0.15, 0.2) is 0 Å². The van der Waals surface area contributed by atoms with E-state index in [2.05, 4.69) is 53.5 Å². The molecule has 13 heteroatoms. The maximum absolute atomic E-state index is 13.2. The Labute approximate surface area is 307 Å². The number of nitrogens with one attached hydrogen (secondary N) is 3. The van der Waals surface area contributed by atoms with Gasteiger partial charge in [-0.25, -0.2) is 14.6 Å². The lowest BCUT2D eigenvalue weighted by atomic mass is 9.92. The molecule has 0 fully saturated rings. The van der Waals surface area contributed by atoms with Crippen LogP contribution in [0.5, 0.6) is 0 Å². The van der Waals surface area contributed by atoms with Gasteiger partial charge in [0, 0.05) is 37.6 Å². The van der Waals surface area contributed by atoms with Gasteiger partial charge in [-0.1, -0.05) is 64.4 Å². The highest BCUT2D eigenvalue weighted by Crippen LogP contribution is 2.34. The second kappa shape index (κ2) is 20.6. The Morgan fingerprint density at radius 2 is 1.56 bits per heavy atom. The predicted molar refractivity (Wildman–Crippen MR) is 204 cm³/mol. The van der Waals surface area contributed by atoms with Crippen LogP contribution in [-0.4, -0.2) is 69.6 Å². The largest absolute Gasteiger partial charge is 0.460 e. The van der Waals surface area contributed by atoms with Gasteiger partial charge < -0.3 is 35.1 Å². The molecular formula is C39H54N6O7. The summed E-state index contributed by atoms with van der Waals surface area (Å²) in [5.74, 6) is -0.216. The molecule has 1 aromatic heterocycles. The molecule has 3 rings (SSSR count). The van der Waals surface area contributed by atoms with Crippen LogP contribution >= 0.6 is 0 Å². The number of hydrogen-bond acceptors (Lipinski definition) is 10. The van der Waals surface area contributed by atoms with Crippen LogP contribution in [0.25, 0.3) is 0 Å². The number of hydrogen-bond donors (Lipinski definition) is 3. The number of likely N-dealkylation sites (N-methyl/N-ethyl adjacent to an activating group) is 1. The van der Waals surface area contributed by atoms with Gasteiger partial charge in [0.05, 0.1) is 24.3 Å². The Hall–Kier alpha value is -5.17. The SMILES string of the molecule is CC[C@@H](CC(=O)OCOC(=O)N(C)c1ncccc1COC(=O)CNC)c1ccc(N(CC(C)C)CC(C)C)c(NC(=O)Nc2ccc(C)cc2)c1. The first-order valence-electron chi connectivity index (χ1n) is 17.6. The Morgan fingerprint density at radius 3 is 2.19 bits per heavy atom. The summed E-state index contributed by atoms with van der Waals surface area (Å²) in [5.41, 5.74) is 4.66. The molecule has 1 atom stereocenters. The maximum atomic E-state index is 13.2. The van der Waals surface area contributed by atoms with Crippen LogP contribution in [0, 0.1) is 18.8 Å². The Kier molecular flexibility index (Phi) is 16.4. The zero-order valence-corrected chi connectivity index (χ0v) is 31.7. The monoisotopic (exact) mass is 718 g/mol. The molecule has 0 radical (unpaired) electrons. The standard InChI is InChI=1S/C39H54N6O7/c1-9-29(20-35(46)51-25-52-39(49)44(8)37-31(11-10-18-41-37)24-50-36(47)21-40-7)30-14-17-34(45(22-26(2)3)23-27(4)5)33(19-30)43-38(48)42-32-15-12-28(6)13-16-32/h10-19,26-27,29,40H,9,20-25H2,1-8H3,(H2,42,43,48)/t29-/m0/s1. The third-order valence-electron chi connectivity index (χ3n) is 8.04. The highest BCUT2D eigenvalue weighted by molar-refractivity contribution is 6.02. The molecule has 0 aliphatic heterocycles. The lowest BCUT2D eigenvalue weighted by molar-refractivity contribution is -0.152. The summed E-state index contributed by atoms with van der Waals surface area (Å²) >= 11 is 0. The van der Waals surface area contributed by atoms with E-state index in [0.29, 0.717) is 35.2 Å². The number of amides is 3. The van der Waals surface area contributed by atoms with E-state index in [1.54, 1.807) is 19.2 Å². The number of pyridine rings is 1. The summed E-state index contributed by atoms with van der Waals surface area (Å²) in [6.07, 6.45) is 1.35. The molecule has 1 heterocycles. The fraction of sp³-hybridized carbons (Fsp3) is 0.462. The first kappa shape index (κ1) is 41.3. The van der Waals surface area contributed by atoms with Gasteiger partial charge in [-0.3, -0.25) is 14.5 Å². The van der Waals surface area contributed by atoms with Crippen molar-refractivity contribution >= 4 is 46.9 Å². The number of rotatable bonds is 18. The van der Waals surface area contributed by atoms with Crippen molar-refractivity contribution in [3.8, 4) is 0 Å². The van der Waals surface area contributed by atoms with Crippen molar-refractivity contribution in [1.82, 2.24) is 10.3 Å². The van der Waals surface area contributed by atoms with Crippen LogP contribution in [0.1, 0.15) is 70.1 Å². The second-order valence-corrected chi connectivity index (χ2v) is 13.5. The predicted octanol–water partition coefficient (Wildman–Crippen LogP) is 7.07. The number of carbonyl (C=O) groups excluding carboxylic acids is 4. The number of aromatic nitrogens is 1. The summed E-state index contributed by atoms with van der Waals surface area (Å²) in [6.45, 7) is 13.6. The van der Waals surface area contributed by atoms with Crippen molar-refractivity contribution in [2.45, 2.75) is 66.9 Å². The molecule has 0 saturated carbocycles. The van der Waals surface area contributed by atoms with Crippen molar-refractivity contribution in [1.29, 1.82) is 0 Å². The van der Waals surface area contributed by atoms with E-state index in [1.807, 2.05) is 56.3 Å². The van der Waals surface area contributed by atoms with E-state index >= 15 is 0 Å². The Balaban J connectivity index is 1.70. The van der Waals surface area contributed by atoms with Crippen LogP contribution in [0.3, 0.4) is 0 Å². The van der Waals surface area contributed by atoms with Crippen LogP contribution in [-0.2, 0) is 30.4 Å². The van der Waals surface area contributed by atoms with Gasteiger partial charge >= 0.3 is 24.1 Å². The van der Waals surface area contributed by atoms with Crippen molar-refractivity contribution < 1.29 is 33.4 Å². The molecule has 3 aromatic rings. The summed E-state index contributed by atoms with van der Waals surface area (Å²) < 4.78 is 15.8. The Morgan fingerprint density at radius 1 is 0.865 bits per heavy atom. The van der Waals surface area contributed by atoms with Gasteiger partial charge in [0.25, 0.3) is 0 Å². The van der Waals surface area contributed by atoms with Gasteiger partial charge in [0.2, 0.25) is 6.79 Å². The van der Waals surface area contributed by atoms with Crippen LogP contribution in [0.4, 0.5) is 32.5 Å². The average Bonchev–Trinajstić information content (AvgIpc) is 3.10. The van der Waals surface area contributed by atoms with E-state index in [1.165, 1.54) is 13.2 Å². The maximum Gasteiger partial charge on any atom is 0.418 e. The van der Waals surface area contributed by atoms with Gasteiger partial charge in [-0.2, -0.15) is 0 Å². The quantitative estimate of drug-likeness (QED) is 0.0920. The van der Waals surface area contributed by atoms with Crippen molar-refractivity contribution in [3.63, 3.8) is 0 Å². The molecule has 0 saturated heterocycles. The molecule has 0 aliphatic rings. The highest BCUT2D eigenvalue weighted by atomic mass is 16.7. The topological polar surface area (TPSA) is 151 Å². The Bertz CT molecular complexity index is 1620. The molecule has 3 N–H and O–H groups in total. The van der Waals surface area contributed by atoms with E-state index < -0.39 is 24.8 Å². The third kappa shape index (κ3) is 13.2. The van der Waals surface area contributed by atoms with E-state index in [0.717, 1.165) is 34.8 Å². The molecule has 0 unspecified atom stereocenters. The van der Waals surface area contributed by atoms with Crippen LogP contribution in [0.15, 0.2) is 60.8 Å². The minimum Gasteiger partial charge on any atom is -0.460 e. The third-order valence-corrected chi connectivity index (χ3v) is 8.04. The zero-order valence-electron chi connectivity index (χ0n) is 31.7.